The van der Waals surface area contributed by atoms with E-state index in [4.69, 9.17) is 9.47 Å². The van der Waals surface area contributed by atoms with Gasteiger partial charge in [0, 0.05) is 23.2 Å². The van der Waals surface area contributed by atoms with Gasteiger partial charge in [-0.1, -0.05) is 38.1 Å². The highest BCUT2D eigenvalue weighted by Gasteiger charge is 2.24. The van der Waals surface area contributed by atoms with Crippen molar-refractivity contribution in [2.24, 2.45) is 0 Å². The van der Waals surface area contributed by atoms with Crippen molar-refractivity contribution in [3.05, 3.63) is 76.0 Å². The van der Waals surface area contributed by atoms with Crippen molar-refractivity contribution in [2.75, 3.05) is 32.6 Å². The third-order valence-electron chi connectivity index (χ3n) is 6.42. The maximum atomic E-state index is 13.6. The molecule has 0 fully saturated rings. The van der Waals surface area contributed by atoms with Crippen LogP contribution in [0.3, 0.4) is 0 Å². The summed E-state index contributed by atoms with van der Waals surface area (Å²) < 4.78 is 10.8. The van der Waals surface area contributed by atoms with Gasteiger partial charge in [0.25, 0.3) is 0 Å². The maximum absolute atomic E-state index is 13.6. The van der Waals surface area contributed by atoms with Crippen LogP contribution >= 0.6 is 11.3 Å². The van der Waals surface area contributed by atoms with Crippen molar-refractivity contribution in [1.82, 2.24) is 9.80 Å². The summed E-state index contributed by atoms with van der Waals surface area (Å²) in [5, 5.41) is 4.96. The Balaban J connectivity index is 1.72. The van der Waals surface area contributed by atoms with E-state index in [0.717, 1.165) is 10.4 Å². The Labute approximate surface area is 230 Å². The first-order chi connectivity index (χ1) is 18.2. The smallest absolute Gasteiger partial charge is 0.322 e. The van der Waals surface area contributed by atoms with E-state index in [9.17, 15) is 9.59 Å². The lowest BCUT2D eigenvalue weighted by molar-refractivity contribution is -0.132. The average molecular weight is 538 g/mol. The normalized spacial score (nSPS) is 10.9. The maximum Gasteiger partial charge on any atom is 0.322 e. The third kappa shape index (κ3) is 7.99. The van der Waals surface area contributed by atoms with Crippen LogP contribution in [0.1, 0.15) is 49.6 Å². The van der Waals surface area contributed by atoms with E-state index in [-0.39, 0.29) is 24.5 Å². The summed E-state index contributed by atoms with van der Waals surface area (Å²) in [5.74, 6) is 1.64. The number of rotatable bonds is 12. The van der Waals surface area contributed by atoms with Gasteiger partial charge in [-0.15, -0.1) is 11.3 Å². The lowest BCUT2D eigenvalue weighted by Crippen LogP contribution is -2.47. The van der Waals surface area contributed by atoms with Crippen molar-refractivity contribution in [3.8, 4) is 11.5 Å². The van der Waals surface area contributed by atoms with Crippen molar-refractivity contribution in [3.63, 3.8) is 0 Å². The minimum absolute atomic E-state index is 0.00904. The second-order valence-electron chi connectivity index (χ2n) is 9.76. The predicted octanol–water partition coefficient (Wildman–Crippen LogP) is 6.40. The molecule has 0 aliphatic carbocycles. The first-order valence-electron chi connectivity index (χ1n) is 12.9. The molecule has 0 unspecified atom stereocenters. The lowest BCUT2D eigenvalue weighted by atomic mass is 10.0. The zero-order valence-corrected chi connectivity index (χ0v) is 24.0. The number of ether oxygens (including phenoxy) is 2. The topological polar surface area (TPSA) is 71.1 Å². The van der Waals surface area contributed by atoms with Crippen LogP contribution in [0.5, 0.6) is 11.5 Å². The van der Waals surface area contributed by atoms with Crippen LogP contribution in [-0.2, 0) is 17.8 Å². The minimum Gasteiger partial charge on any atom is -0.493 e. The van der Waals surface area contributed by atoms with Gasteiger partial charge in [-0.3, -0.25) is 4.79 Å². The lowest BCUT2D eigenvalue weighted by Gasteiger charge is -2.30. The number of thiophene rings is 1. The summed E-state index contributed by atoms with van der Waals surface area (Å²) in [7, 11) is 3.22. The molecule has 0 saturated heterocycles. The van der Waals surface area contributed by atoms with Gasteiger partial charge in [-0.2, -0.15) is 0 Å². The molecule has 3 rings (SSSR count). The molecule has 2 aromatic carbocycles. The molecular formula is C30H39N3O4S. The minimum atomic E-state index is -0.290. The van der Waals surface area contributed by atoms with E-state index in [2.05, 4.69) is 19.2 Å². The highest BCUT2D eigenvalue weighted by atomic mass is 32.1. The van der Waals surface area contributed by atoms with Gasteiger partial charge in [0.2, 0.25) is 5.91 Å². The van der Waals surface area contributed by atoms with Crippen molar-refractivity contribution in [2.45, 2.75) is 52.6 Å². The molecule has 0 atom stereocenters. The summed E-state index contributed by atoms with van der Waals surface area (Å²) in [6.45, 7) is 9.10. The standard InChI is InChI=1S/C30H39N3O4S/c1-21(2)24-10-12-25(13-11-24)31-30(35)33(22(3)4)20-29(34)32(19-26-8-7-17-38-26)16-15-23-9-14-27(36-5)28(18-23)37-6/h7-14,17-18,21-22H,15-16,19-20H2,1-6H3,(H,31,35). The monoisotopic (exact) mass is 537 g/mol. The summed E-state index contributed by atoms with van der Waals surface area (Å²) in [6.07, 6.45) is 0.646. The number of carbonyl (C=O) groups is 2. The van der Waals surface area contributed by atoms with Crippen LogP contribution < -0.4 is 14.8 Å². The number of amides is 3. The summed E-state index contributed by atoms with van der Waals surface area (Å²) in [5.41, 5.74) is 2.95. The number of hydrogen-bond acceptors (Lipinski definition) is 5. The van der Waals surface area contributed by atoms with Gasteiger partial charge in [0.15, 0.2) is 11.5 Å². The molecule has 3 aromatic rings. The molecule has 0 aliphatic heterocycles. The molecular weight excluding hydrogens is 498 g/mol. The molecule has 0 bridgehead atoms. The molecule has 3 amide bonds. The quantitative estimate of drug-likeness (QED) is 0.290. The fourth-order valence-corrected chi connectivity index (χ4v) is 4.78. The van der Waals surface area contributed by atoms with Crippen LogP contribution in [0.25, 0.3) is 0 Å². The summed E-state index contributed by atoms with van der Waals surface area (Å²) in [6, 6.07) is 17.2. The molecule has 0 spiro atoms. The van der Waals surface area contributed by atoms with Crippen LogP contribution in [0.4, 0.5) is 10.5 Å². The van der Waals surface area contributed by atoms with Gasteiger partial charge in [-0.05, 0) is 73.0 Å². The number of hydrogen-bond donors (Lipinski definition) is 1. The van der Waals surface area contributed by atoms with E-state index in [0.29, 0.717) is 42.6 Å². The largest absolute Gasteiger partial charge is 0.493 e. The van der Waals surface area contributed by atoms with Crippen LogP contribution in [0.15, 0.2) is 60.0 Å². The Morgan fingerprint density at radius 3 is 2.24 bits per heavy atom. The average Bonchev–Trinajstić information content (AvgIpc) is 3.42. The zero-order chi connectivity index (χ0) is 27.7. The third-order valence-corrected chi connectivity index (χ3v) is 7.28. The molecule has 1 heterocycles. The van der Waals surface area contributed by atoms with E-state index < -0.39 is 0 Å². The van der Waals surface area contributed by atoms with Crippen LogP contribution in [-0.4, -0.2) is 55.1 Å². The number of nitrogens with one attached hydrogen (secondary N) is 1. The van der Waals surface area contributed by atoms with Crippen molar-refractivity contribution < 1.29 is 19.1 Å². The van der Waals surface area contributed by atoms with Crippen molar-refractivity contribution in [1.29, 1.82) is 0 Å². The predicted molar refractivity (Wildman–Crippen MR) is 154 cm³/mol. The van der Waals surface area contributed by atoms with Gasteiger partial charge < -0.3 is 24.6 Å². The molecule has 1 N–H and O–H groups in total. The number of carbonyl (C=O) groups excluding carboxylic acids is 2. The Bertz CT molecular complexity index is 1180. The number of anilines is 1. The van der Waals surface area contributed by atoms with E-state index in [1.807, 2.05) is 78.7 Å². The molecule has 38 heavy (non-hydrogen) atoms. The van der Waals surface area contributed by atoms with Gasteiger partial charge in [0.05, 0.1) is 20.8 Å². The van der Waals surface area contributed by atoms with E-state index in [1.54, 1.807) is 30.5 Å². The molecule has 1 aromatic heterocycles. The van der Waals surface area contributed by atoms with Crippen LogP contribution in [0, 0.1) is 0 Å². The molecule has 8 heteroatoms. The summed E-state index contributed by atoms with van der Waals surface area (Å²) >= 11 is 1.61. The molecule has 204 valence electrons. The molecule has 7 nitrogen and oxygen atoms in total. The first kappa shape index (κ1) is 29.0. The summed E-state index contributed by atoms with van der Waals surface area (Å²) in [4.78, 5) is 31.2. The molecule has 0 aliphatic rings. The Morgan fingerprint density at radius 2 is 1.66 bits per heavy atom. The van der Waals surface area contributed by atoms with Gasteiger partial charge >= 0.3 is 6.03 Å². The number of benzene rings is 2. The number of urea groups is 1. The fourth-order valence-electron chi connectivity index (χ4n) is 4.06. The van der Waals surface area contributed by atoms with Crippen molar-refractivity contribution >= 4 is 29.0 Å². The molecule has 0 saturated carbocycles. The Hall–Kier alpha value is -3.52. The first-order valence-corrected chi connectivity index (χ1v) is 13.8. The SMILES string of the molecule is COc1ccc(CCN(Cc2cccs2)C(=O)CN(C(=O)Nc2ccc(C(C)C)cc2)C(C)C)cc1OC. The fraction of sp³-hybridized carbons (Fsp3) is 0.400. The van der Waals surface area contributed by atoms with E-state index >= 15 is 0 Å². The van der Waals surface area contributed by atoms with Crippen LogP contribution in [0.2, 0.25) is 0 Å². The second-order valence-corrected chi connectivity index (χ2v) is 10.8. The highest BCUT2D eigenvalue weighted by molar-refractivity contribution is 7.09. The van der Waals surface area contributed by atoms with E-state index in [1.165, 1.54) is 5.56 Å². The van der Waals surface area contributed by atoms with Gasteiger partial charge in [-0.25, -0.2) is 4.79 Å². The number of methoxy groups -OCH3 is 2. The zero-order valence-electron chi connectivity index (χ0n) is 23.2. The highest BCUT2D eigenvalue weighted by Crippen LogP contribution is 2.28. The number of nitrogens with zero attached hydrogens (tertiary/aromatic N) is 2. The Kier molecular flexibility index (Phi) is 10.6. The molecule has 0 radical (unpaired) electrons. The Morgan fingerprint density at radius 1 is 0.947 bits per heavy atom. The van der Waals surface area contributed by atoms with Gasteiger partial charge in [0.1, 0.15) is 6.54 Å². The second kappa shape index (κ2) is 13.9.